The van der Waals surface area contributed by atoms with Crippen LogP contribution < -0.4 is 0 Å². The number of esters is 1. The van der Waals surface area contributed by atoms with E-state index in [-0.39, 0.29) is 17.8 Å². The minimum atomic E-state index is -0.0505. The SMILES string of the molecule is C=C1C2C3C=CC1[C@@H](C(=O)OC)C32. The fourth-order valence-electron chi connectivity index (χ4n) is 3.19. The van der Waals surface area contributed by atoms with E-state index in [4.69, 9.17) is 4.74 Å². The monoisotopic (exact) mass is 176 g/mol. The van der Waals surface area contributed by atoms with Crippen LogP contribution >= 0.6 is 0 Å². The van der Waals surface area contributed by atoms with Gasteiger partial charge in [-0.15, -0.1) is 0 Å². The summed E-state index contributed by atoms with van der Waals surface area (Å²) in [5.74, 6) is 2.02. The third kappa shape index (κ3) is 0.679. The highest BCUT2D eigenvalue weighted by Gasteiger charge is 2.66. The molecule has 2 nitrogen and oxygen atoms in total. The maximum Gasteiger partial charge on any atom is 0.309 e. The number of carbonyl (C=O) groups is 1. The Kier molecular flexibility index (Phi) is 1.17. The Labute approximate surface area is 77.3 Å². The number of carbonyl (C=O) groups excluding carboxylic acids is 1. The Morgan fingerprint density at radius 1 is 1.54 bits per heavy atom. The highest BCUT2D eigenvalue weighted by atomic mass is 16.5. The fraction of sp³-hybridized carbons (Fsp3) is 0.545. The summed E-state index contributed by atoms with van der Waals surface area (Å²) < 4.78 is 4.82. The van der Waals surface area contributed by atoms with E-state index in [1.54, 1.807) is 0 Å². The van der Waals surface area contributed by atoms with E-state index in [1.807, 2.05) is 0 Å². The van der Waals surface area contributed by atoms with Crippen molar-refractivity contribution in [2.24, 2.45) is 29.6 Å². The third-order valence-electron chi connectivity index (χ3n) is 3.80. The van der Waals surface area contributed by atoms with Crippen molar-refractivity contribution in [3.8, 4) is 0 Å². The molecule has 4 bridgehead atoms. The zero-order valence-corrected chi connectivity index (χ0v) is 7.57. The van der Waals surface area contributed by atoms with E-state index in [0.29, 0.717) is 17.8 Å². The molecule has 0 aromatic heterocycles. The molecule has 0 radical (unpaired) electrons. The van der Waals surface area contributed by atoms with Crippen LogP contribution in [-0.2, 0) is 9.53 Å². The smallest absolute Gasteiger partial charge is 0.309 e. The summed E-state index contributed by atoms with van der Waals surface area (Å²) in [7, 11) is 1.47. The third-order valence-corrected chi connectivity index (χ3v) is 3.80. The molecule has 13 heavy (non-hydrogen) atoms. The van der Waals surface area contributed by atoms with E-state index in [0.717, 1.165) is 0 Å². The molecule has 68 valence electrons. The van der Waals surface area contributed by atoms with E-state index < -0.39 is 0 Å². The molecular weight excluding hydrogens is 164 g/mol. The summed E-state index contributed by atoms with van der Waals surface area (Å²) >= 11 is 0. The molecular formula is C11H12O2. The van der Waals surface area contributed by atoms with E-state index in [9.17, 15) is 4.79 Å². The summed E-state index contributed by atoms with van der Waals surface area (Å²) in [6.45, 7) is 4.07. The predicted octanol–water partition coefficient (Wildman–Crippen LogP) is 1.39. The van der Waals surface area contributed by atoms with Gasteiger partial charge in [-0.1, -0.05) is 24.3 Å². The Bertz CT molecular complexity index is 329. The second-order valence-electron chi connectivity index (χ2n) is 4.22. The van der Waals surface area contributed by atoms with Crippen molar-refractivity contribution >= 4 is 5.97 Å². The lowest BCUT2D eigenvalue weighted by atomic mass is 9.81. The largest absolute Gasteiger partial charge is 0.469 e. The first kappa shape index (κ1) is 7.36. The highest BCUT2D eigenvalue weighted by Crippen LogP contribution is 2.68. The van der Waals surface area contributed by atoms with Gasteiger partial charge in [0.2, 0.25) is 0 Å². The quantitative estimate of drug-likeness (QED) is 0.446. The minimum Gasteiger partial charge on any atom is -0.469 e. The fourth-order valence-corrected chi connectivity index (χ4v) is 3.19. The van der Waals surface area contributed by atoms with E-state index >= 15 is 0 Å². The molecule has 0 saturated heterocycles. The Hall–Kier alpha value is -1.05. The molecule has 4 aliphatic carbocycles. The average Bonchev–Trinajstić information content (AvgIpc) is 2.83. The average molecular weight is 176 g/mol. The molecule has 4 rings (SSSR count). The first-order valence-electron chi connectivity index (χ1n) is 4.70. The standard InChI is InChI=1S/C11H12O2/c1-5-6-3-4-7-8(5)9(7)10(6)11(12)13-2/h3-4,6-10H,1H2,2H3/t6?,7?,8?,9?,10-/m1/s1. The maximum atomic E-state index is 11.5. The van der Waals surface area contributed by atoms with Gasteiger partial charge in [0.25, 0.3) is 0 Å². The van der Waals surface area contributed by atoms with Gasteiger partial charge in [-0.25, -0.2) is 0 Å². The molecule has 0 aliphatic heterocycles. The van der Waals surface area contributed by atoms with Crippen molar-refractivity contribution in [3.05, 3.63) is 24.3 Å². The van der Waals surface area contributed by atoms with Gasteiger partial charge in [-0.3, -0.25) is 4.79 Å². The number of ether oxygens (including phenoxy) is 1. The number of hydrogen-bond acceptors (Lipinski definition) is 2. The molecule has 0 heterocycles. The van der Waals surface area contributed by atoms with Crippen molar-refractivity contribution < 1.29 is 9.53 Å². The van der Waals surface area contributed by atoms with Gasteiger partial charge in [0.1, 0.15) is 0 Å². The zero-order chi connectivity index (χ0) is 9.16. The van der Waals surface area contributed by atoms with Crippen LogP contribution in [0.4, 0.5) is 0 Å². The first-order chi connectivity index (χ1) is 6.25. The van der Waals surface area contributed by atoms with Crippen LogP contribution in [-0.4, -0.2) is 13.1 Å². The van der Waals surface area contributed by atoms with E-state index in [1.165, 1.54) is 12.7 Å². The topological polar surface area (TPSA) is 26.3 Å². The van der Waals surface area contributed by atoms with Gasteiger partial charge in [0, 0.05) is 5.92 Å². The summed E-state index contributed by atoms with van der Waals surface area (Å²) in [5, 5.41) is 0. The molecule has 4 aliphatic rings. The second-order valence-corrected chi connectivity index (χ2v) is 4.22. The molecule has 0 N–H and O–H groups in total. The van der Waals surface area contributed by atoms with Crippen LogP contribution in [0.5, 0.6) is 0 Å². The van der Waals surface area contributed by atoms with Crippen LogP contribution in [0.15, 0.2) is 24.3 Å². The van der Waals surface area contributed by atoms with Gasteiger partial charge in [-0.05, 0) is 17.8 Å². The van der Waals surface area contributed by atoms with Gasteiger partial charge in [-0.2, -0.15) is 0 Å². The van der Waals surface area contributed by atoms with Gasteiger partial charge < -0.3 is 4.74 Å². The van der Waals surface area contributed by atoms with Crippen molar-refractivity contribution in [3.63, 3.8) is 0 Å². The Morgan fingerprint density at radius 3 is 2.77 bits per heavy atom. The van der Waals surface area contributed by atoms with Crippen molar-refractivity contribution in [1.29, 1.82) is 0 Å². The first-order valence-corrected chi connectivity index (χ1v) is 4.70. The number of allylic oxidation sites excluding steroid dienone is 3. The molecule has 0 aromatic carbocycles. The van der Waals surface area contributed by atoms with Gasteiger partial charge >= 0.3 is 5.97 Å². The van der Waals surface area contributed by atoms with Gasteiger partial charge in [0.15, 0.2) is 0 Å². The lowest BCUT2D eigenvalue weighted by Crippen LogP contribution is -2.26. The summed E-state index contributed by atoms with van der Waals surface area (Å²) in [6, 6.07) is 0. The molecule has 4 unspecified atom stereocenters. The van der Waals surface area contributed by atoms with Crippen LogP contribution in [0.2, 0.25) is 0 Å². The number of methoxy groups -OCH3 is 1. The molecule has 0 aromatic rings. The summed E-state index contributed by atoms with van der Waals surface area (Å²) in [4.78, 5) is 11.5. The molecule has 5 atom stereocenters. The molecule has 2 heteroatoms. The summed E-state index contributed by atoms with van der Waals surface area (Å²) in [5.41, 5.74) is 1.26. The lowest BCUT2D eigenvalue weighted by Gasteiger charge is -2.24. The lowest BCUT2D eigenvalue weighted by molar-refractivity contribution is -0.147. The van der Waals surface area contributed by atoms with E-state index in [2.05, 4.69) is 18.7 Å². The normalized spacial score (nSPS) is 49.3. The van der Waals surface area contributed by atoms with Crippen molar-refractivity contribution in [2.45, 2.75) is 0 Å². The Morgan fingerprint density at radius 2 is 2.31 bits per heavy atom. The maximum absolute atomic E-state index is 11.5. The minimum absolute atomic E-state index is 0.0505. The molecule has 0 amide bonds. The van der Waals surface area contributed by atoms with Crippen LogP contribution in [0.25, 0.3) is 0 Å². The highest BCUT2D eigenvalue weighted by molar-refractivity contribution is 5.77. The van der Waals surface area contributed by atoms with Crippen LogP contribution in [0.3, 0.4) is 0 Å². The molecule has 2 fully saturated rings. The van der Waals surface area contributed by atoms with Crippen molar-refractivity contribution in [2.75, 3.05) is 7.11 Å². The zero-order valence-electron chi connectivity index (χ0n) is 7.57. The number of rotatable bonds is 1. The summed E-state index contributed by atoms with van der Waals surface area (Å²) in [6.07, 6.45) is 4.38. The Balaban J connectivity index is 1.99. The van der Waals surface area contributed by atoms with Crippen molar-refractivity contribution in [1.82, 2.24) is 0 Å². The molecule has 2 saturated carbocycles. The van der Waals surface area contributed by atoms with Crippen LogP contribution in [0.1, 0.15) is 0 Å². The van der Waals surface area contributed by atoms with Gasteiger partial charge in [0.05, 0.1) is 13.0 Å². The second kappa shape index (κ2) is 2.06. The number of hydrogen-bond donors (Lipinski definition) is 0. The predicted molar refractivity (Wildman–Crippen MR) is 47.7 cm³/mol. The van der Waals surface area contributed by atoms with Crippen LogP contribution in [0, 0.1) is 29.6 Å². The molecule has 0 spiro atoms.